The fourth-order valence-electron chi connectivity index (χ4n) is 3.66. The van der Waals surface area contributed by atoms with E-state index < -0.39 is 0 Å². The van der Waals surface area contributed by atoms with Crippen molar-refractivity contribution in [1.82, 2.24) is 5.32 Å². The molecule has 0 saturated heterocycles. The lowest BCUT2D eigenvalue weighted by Crippen LogP contribution is -2.34. The van der Waals surface area contributed by atoms with Crippen LogP contribution in [0.4, 0.5) is 0 Å². The van der Waals surface area contributed by atoms with Gasteiger partial charge in [-0.3, -0.25) is 0 Å². The molecule has 1 heterocycles. The second-order valence-corrected chi connectivity index (χ2v) is 6.28. The summed E-state index contributed by atoms with van der Waals surface area (Å²) >= 11 is 0. The first-order valence-electron chi connectivity index (χ1n) is 8.35. The molecule has 2 aliphatic rings. The Morgan fingerprint density at radius 1 is 1.38 bits per heavy atom. The van der Waals surface area contributed by atoms with Crippen LogP contribution in [0.1, 0.15) is 49.8 Å². The van der Waals surface area contributed by atoms with E-state index in [9.17, 15) is 0 Å². The summed E-state index contributed by atoms with van der Waals surface area (Å²) in [5.74, 6) is 1.92. The summed E-state index contributed by atoms with van der Waals surface area (Å²) in [6.07, 6.45) is 6.39. The monoisotopic (exact) mass is 289 g/mol. The maximum absolute atomic E-state index is 5.97. The molecule has 1 aromatic carbocycles. The maximum atomic E-state index is 5.97. The highest BCUT2D eigenvalue weighted by atomic mass is 16.5. The Balaban J connectivity index is 1.67. The quantitative estimate of drug-likeness (QED) is 0.869. The Kier molecular flexibility index (Phi) is 4.81. The van der Waals surface area contributed by atoms with Crippen molar-refractivity contribution in [2.75, 3.05) is 20.3 Å². The van der Waals surface area contributed by atoms with Gasteiger partial charge < -0.3 is 14.8 Å². The van der Waals surface area contributed by atoms with Gasteiger partial charge in [-0.1, -0.05) is 18.2 Å². The van der Waals surface area contributed by atoms with E-state index in [1.54, 1.807) is 0 Å². The van der Waals surface area contributed by atoms with Crippen molar-refractivity contribution in [3.63, 3.8) is 0 Å². The summed E-state index contributed by atoms with van der Waals surface area (Å²) in [5, 5.41) is 3.49. The van der Waals surface area contributed by atoms with Gasteiger partial charge in [0.05, 0.1) is 12.7 Å². The van der Waals surface area contributed by atoms with Crippen molar-refractivity contribution in [1.29, 1.82) is 0 Å². The molecule has 3 rings (SSSR count). The lowest BCUT2D eigenvalue weighted by atomic mass is 9.77. The van der Waals surface area contributed by atoms with Gasteiger partial charge in [-0.15, -0.1) is 0 Å². The van der Waals surface area contributed by atoms with Crippen molar-refractivity contribution in [3.05, 3.63) is 29.3 Å². The van der Waals surface area contributed by atoms with E-state index in [-0.39, 0.29) is 0 Å². The van der Waals surface area contributed by atoms with Crippen molar-refractivity contribution < 1.29 is 9.47 Å². The minimum atomic E-state index is 0.394. The van der Waals surface area contributed by atoms with Gasteiger partial charge in [-0.05, 0) is 57.6 Å². The summed E-state index contributed by atoms with van der Waals surface area (Å²) in [5.41, 5.74) is 2.72. The predicted octanol–water partition coefficient (Wildman–Crippen LogP) is 3.48. The number of para-hydroxylation sites is 1. The zero-order chi connectivity index (χ0) is 14.7. The van der Waals surface area contributed by atoms with Gasteiger partial charge in [0, 0.05) is 18.2 Å². The number of nitrogens with one attached hydrogen (secondary N) is 1. The summed E-state index contributed by atoms with van der Waals surface area (Å²) in [4.78, 5) is 0. The van der Waals surface area contributed by atoms with Gasteiger partial charge in [0.1, 0.15) is 5.75 Å². The molecular weight excluding hydrogens is 262 g/mol. The molecule has 0 aromatic heterocycles. The average Bonchev–Trinajstić information content (AvgIpc) is 2.49. The number of rotatable bonds is 6. The van der Waals surface area contributed by atoms with Crippen molar-refractivity contribution in [3.8, 4) is 5.75 Å². The van der Waals surface area contributed by atoms with Crippen molar-refractivity contribution >= 4 is 0 Å². The Morgan fingerprint density at radius 3 is 3.00 bits per heavy atom. The van der Waals surface area contributed by atoms with Gasteiger partial charge in [0.2, 0.25) is 0 Å². The van der Waals surface area contributed by atoms with Crippen LogP contribution in [0, 0.1) is 5.92 Å². The number of fused-ring (bicyclic) bond motifs is 1. The molecule has 0 amide bonds. The Labute approximate surface area is 128 Å². The van der Waals surface area contributed by atoms with Crippen LogP contribution in [-0.2, 0) is 11.2 Å². The first-order chi connectivity index (χ1) is 10.3. The second kappa shape index (κ2) is 6.80. The molecule has 1 atom stereocenters. The number of hydrogen-bond donors (Lipinski definition) is 1. The molecule has 1 aliphatic carbocycles. The van der Waals surface area contributed by atoms with E-state index in [1.807, 2.05) is 0 Å². The largest absolute Gasteiger partial charge is 0.493 e. The molecule has 0 radical (unpaired) electrons. The first-order valence-corrected chi connectivity index (χ1v) is 8.35. The van der Waals surface area contributed by atoms with Gasteiger partial charge in [0.25, 0.3) is 0 Å². The topological polar surface area (TPSA) is 30.5 Å². The Hall–Kier alpha value is -1.06. The van der Waals surface area contributed by atoms with Crippen LogP contribution in [0.2, 0.25) is 0 Å². The number of aryl methyl sites for hydroxylation is 1. The summed E-state index contributed by atoms with van der Waals surface area (Å²) in [6, 6.07) is 7.01. The van der Waals surface area contributed by atoms with E-state index >= 15 is 0 Å². The minimum absolute atomic E-state index is 0.394. The normalized spacial score (nSPS) is 25.6. The van der Waals surface area contributed by atoms with Gasteiger partial charge in [-0.2, -0.15) is 0 Å². The van der Waals surface area contributed by atoms with E-state index in [0.717, 1.165) is 37.7 Å². The smallest absolute Gasteiger partial charge is 0.127 e. The van der Waals surface area contributed by atoms with E-state index in [1.165, 1.54) is 30.4 Å². The molecule has 1 fully saturated rings. The number of hydrogen-bond acceptors (Lipinski definition) is 3. The lowest BCUT2D eigenvalue weighted by molar-refractivity contribution is -0.0290. The van der Waals surface area contributed by atoms with Crippen LogP contribution in [0.15, 0.2) is 18.2 Å². The molecule has 116 valence electrons. The zero-order valence-corrected chi connectivity index (χ0v) is 13.2. The van der Waals surface area contributed by atoms with E-state index in [2.05, 4.69) is 37.5 Å². The maximum Gasteiger partial charge on any atom is 0.127 e. The van der Waals surface area contributed by atoms with Crippen LogP contribution in [0.5, 0.6) is 5.75 Å². The number of benzene rings is 1. The van der Waals surface area contributed by atoms with Crippen LogP contribution >= 0.6 is 0 Å². The highest BCUT2D eigenvalue weighted by molar-refractivity contribution is 5.44. The average molecular weight is 289 g/mol. The standard InChI is InChI=1S/C18H27NO2/c1-3-20-15-10-13(11-15)12-17(19-2)16-8-4-6-14-7-5-9-21-18(14)16/h4,6,8,13,15,17,19H,3,5,7,9-12H2,1-2H3. The van der Waals surface area contributed by atoms with Crippen LogP contribution in [0.3, 0.4) is 0 Å². The highest BCUT2D eigenvalue weighted by Gasteiger charge is 2.32. The molecule has 1 saturated carbocycles. The van der Waals surface area contributed by atoms with E-state index in [4.69, 9.17) is 9.47 Å². The molecule has 1 aliphatic heterocycles. The first kappa shape index (κ1) is 14.9. The third kappa shape index (κ3) is 3.24. The molecule has 21 heavy (non-hydrogen) atoms. The molecule has 0 bridgehead atoms. The van der Waals surface area contributed by atoms with Crippen LogP contribution in [-0.4, -0.2) is 26.4 Å². The lowest BCUT2D eigenvalue weighted by Gasteiger charge is -2.37. The Bertz CT molecular complexity index is 468. The molecular formula is C18H27NO2. The molecule has 3 nitrogen and oxygen atoms in total. The zero-order valence-electron chi connectivity index (χ0n) is 13.2. The molecule has 1 aromatic rings. The van der Waals surface area contributed by atoms with Crippen molar-refractivity contribution in [2.24, 2.45) is 5.92 Å². The third-order valence-electron chi connectivity index (χ3n) is 4.85. The molecule has 3 heteroatoms. The van der Waals surface area contributed by atoms with Crippen LogP contribution < -0.4 is 10.1 Å². The molecule has 1 N–H and O–H groups in total. The van der Waals surface area contributed by atoms with Crippen molar-refractivity contribution in [2.45, 2.75) is 51.2 Å². The minimum Gasteiger partial charge on any atom is -0.493 e. The van der Waals surface area contributed by atoms with Gasteiger partial charge in [0.15, 0.2) is 0 Å². The SMILES string of the molecule is CCOC1CC(CC(NC)c2cccc3c2OCCC3)C1. The van der Waals surface area contributed by atoms with Gasteiger partial charge in [-0.25, -0.2) is 0 Å². The fourth-order valence-corrected chi connectivity index (χ4v) is 3.66. The highest BCUT2D eigenvalue weighted by Crippen LogP contribution is 2.40. The number of ether oxygens (including phenoxy) is 2. The third-order valence-corrected chi connectivity index (χ3v) is 4.85. The van der Waals surface area contributed by atoms with E-state index in [0.29, 0.717) is 12.1 Å². The summed E-state index contributed by atoms with van der Waals surface area (Å²) in [7, 11) is 2.06. The second-order valence-electron chi connectivity index (χ2n) is 6.28. The van der Waals surface area contributed by atoms with Gasteiger partial charge >= 0.3 is 0 Å². The molecule has 1 unspecified atom stereocenters. The fraction of sp³-hybridized carbons (Fsp3) is 0.667. The predicted molar refractivity (Wildman–Crippen MR) is 84.8 cm³/mol. The molecule has 0 spiro atoms. The Morgan fingerprint density at radius 2 is 2.24 bits per heavy atom. The summed E-state index contributed by atoms with van der Waals surface area (Å²) < 4.78 is 11.6. The summed E-state index contributed by atoms with van der Waals surface area (Å²) in [6.45, 7) is 3.78. The van der Waals surface area contributed by atoms with Crippen LogP contribution in [0.25, 0.3) is 0 Å².